The van der Waals surface area contributed by atoms with Crippen molar-refractivity contribution in [3.8, 4) is 0 Å². The molecular weight excluding hydrogens is 388 g/mol. The minimum absolute atomic E-state index is 0.320. The Kier molecular flexibility index (Phi) is 7.04. The highest BCUT2D eigenvalue weighted by atomic mass is 15.1. The van der Waals surface area contributed by atoms with Crippen molar-refractivity contribution in [2.45, 2.75) is 25.3 Å². The Morgan fingerprint density at radius 3 is 2.44 bits per heavy atom. The molecule has 0 aliphatic heterocycles. The van der Waals surface area contributed by atoms with Crippen molar-refractivity contribution in [3.05, 3.63) is 139 Å². The van der Waals surface area contributed by atoms with Crippen LogP contribution in [0.2, 0.25) is 0 Å². The predicted molar refractivity (Wildman–Crippen MR) is 139 cm³/mol. The molecule has 4 rings (SSSR count). The maximum Gasteiger partial charge on any atom is 0.0482 e. The smallest absolute Gasteiger partial charge is 0.0482 e. The summed E-state index contributed by atoms with van der Waals surface area (Å²) in [6.45, 7) is 8.06. The molecule has 2 heteroatoms. The van der Waals surface area contributed by atoms with Gasteiger partial charge >= 0.3 is 0 Å². The first-order valence-corrected chi connectivity index (χ1v) is 11.2. The van der Waals surface area contributed by atoms with E-state index in [1.165, 1.54) is 11.1 Å². The molecule has 0 saturated heterocycles. The van der Waals surface area contributed by atoms with E-state index in [0.717, 1.165) is 42.0 Å². The van der Waals surface area contributed by atoms with E-state index in [-0.39, 0.29) is 0 Å². The average molecular weight is 419 g/mol. The number of anilines is 2. The van der Waals surface area contributed by atoms with Crippen LogP contribution < -0.4 is 10.2 Å². The fourth-order valence-electron chi connectivity index (χ4n) is 3.99. The molecule has 0 fully saturated rings. The van der Waals surface area contributed by atoms with Gasteiger partial charge in [-0.1, -0.05) is 86.0 Å². The summed E-state index contributed by atoms with van der Waals surface area (Å²) in [5, 5.41) is 3.57. The van der Waals surface area contributed by atoms with E-state index < -0.39 is 0 Å². The molecule has 160 valence electrons. The van der Waals surface area contributed by atoms with Crippen LogP contribution in [0.4, 0.5) is 11.4 Å². The number of benzene rings is 2. The molecule has 1 unspecified atom stereocenters. The summed E-state index contributed by atoms with van der Waals surface area (Å²) in [5.41, 5.74) is 6.82. The van der Waals surface area contributed by atoms with Gasteiger partial charge in [0.15, 0.2) is 0 Å². The van der Waals surface area contributed by atoms with E-state index in [9.17, 15) is 0 Å². The van der Waals surface area contributed by atoms with Crippen LogP contribution in [0.25, 0.3) is 5.57 Å². The molecule has 0 spiro atoms. The second-order valence-electron chi connectivity index (χ2n) is 7.95. The molecule has 2 aromatic carbocycles. The summed E-state index contributed by atoms with van der Waals surface area (Å²) in [4.78, 5) is 2.20. The molecular formula is C30H30N2. The van der Waals surface area contributed by atoms with Gasteiger partial charge in [-0.3, -0.25) is 0 Å². The molecule has 0 saturated carbocycles. The van der Waals surface area contributed by atoms with Gasteiger partial charge in [-0.25, -0.2) is 0 Å². The largest absolute Gasteiger partial charge is 0.379 e. The number of allylic oxidation sites excluding steroid dienone is 8. The summed E-state index contributed by atoms with van der Waals surface area (Å²) in [7, 11) is 0. The maximum absolute atomic E-state index is 4.29. The lowest BCUT2D eigenvalue weighted by atomic mass is 9.96. The predicted octanol–water partition coefficient (Wildman–Crippen LogP) is 7.81. The summed E-state index contributed by atoms with van der Waals surface area (Å²) < 4.78 is 0. The zero-order valence-corrected chi connectivity index (χ0v) is 18.5. The average Bonchev–Trinajstić information content (AvgIpc) is 2.85. The summed E-state index contributed by atoms with van der Waals surface area (Å²) in [6.07, 6.45) is 22.3. The fraction of sp³-hybridized carbons (Fsp3) is 0.133. The second kappa shape index (κ2) is 10.5. The lowest BCUT2D eigenvalue weighted by molar-refractivity contribution is 0.886. The van der Waals surface area contributed by atoms with Gasteiger partial charge in [-0.15, -0.1) is 0 Å². The van der Waals surface area contributed by atoms with Gasteiger partial charge in [0.2, 0.25) is 0 Å². The van der Waals surface area contributed by atoms with Crippen molar-refractivity contribution in [3.63, 3.8) is 0 Å². The van der Waals surface area contributed by atoms with E-state index in [1.54, 1.807) is 6.08 Å². The van der Waals surface area contributed by atoms with Gasteiger partial charge in [0.05, 0.1) is 0 Å². The molecule has 0 radical (unpaired) electrons. The highest BCUT2D eigenvalue weighted by molar-refractivity contribution is 5.77. The lowest BCUT2D eigenvalue weighted by Crippen LogP contribution is -2.20. The standard InChI is InChI=1S/C30H30N2/c1-3-4-11-24(2)32(29-14-9-6-10-15-29)30-22-18-26(19-23-30)25-16-20-28(21-17-25)31-27-12-7-5-8-13-27/h3-5,7-9,11-20,22-23,28,31H,1-2,6,10,21H2/b11-4-. The maximum atomic E-state index is 4.29. The lowest BCUT2D eigenvalue weighted by Gasteiger charge is -2.28. The quantitative estimate of drug-likeness (QED) is 0.440. The van der Waals surface area contributed by atoms with Crippen LogP contribution in [0, 0.1) is 0 Å². The van der Waals surface area contributed by atoms with E-state index in [1.807, 2.05) is 18.2 Å². The Morgan fingerprint density at radius 1 is 0.969 bits per heavy atom. The third-order valence-corrected chi connectivity index (χ3v) is 5.63. The van der Waals surface area contributed by atoms with Crippen LogP contribution in [0.5, 0.6) is 0 Å². The van der Waals surface area contributed by atoms with Crippen molar-refractivity contribution in [2.24, 2.45) is 0 Å². The molecule has 2 nitrogen and oxygen atoms in total. The Labute approximate surface area is 192 Å². The van der Waals surface area contributed by atoms with Crippen LogP contribution in [0.15, 0.2) is 134 Å². The van der Waals surface area contributed by atoms with Gasteiger partial charge in [-0.2, -0.15) is 0 Å². The zero-order valence-electron chi connectivity index (χ0n) is 18.5. The number of rotatable bonds is 8. The van der Waals surface area contributed by atoms with Crippen molar-refractivity contribution < 1.29 is 0 Å². The molecule has 2 aliphatic carbocycles. The molecule has 0 bridgehead atoms. The Bertz CT molecular complexity index is 1100. The number of nitrogens with zero attached hydrogens (tertiary/aromatic N) is 1. The third-order valence-electron chi connectivity index (χ3n) is 5.63. The third kappa shape index (κ3) is 5.28. The Morgan fingerprint density at radius 2 is 1.78 bits per heavy atom. The van der Waals surface area contributed by atoms with E-state index in [2.05, 4.69) is 108 Å². The first-order chi connectivity index (χ1) is 15.7. The first-order valence-electron chi connectivity index (χ1n) is 11.2. The summed E-state index contributed by atoms with van der Waals surface area (Å²) in [6, 6.07) is 19.4. The van der Waals surface area contributed by atoms with Gasteiger partial charge in [0.1, 0.15) is 0 Å². The van der Waals surface area contributed by atoms with Crippen molar-refractivity contribution in [1.29, 1.82) is 0 Å². The number of para-hydroxylation sites is 1. The molecule has 0 heterocycles. The minimum Gasteiger partial charge on any atom is -0.379 e. The zero-order chi connectivity index (χ0) is 22.2. The first kappa shape index (κ1) is 21.5. The fourth-order valence-corrected chi connectivity index (χ4v) is 3.99. The Balaban J connectivity index is 1.49. The summed E-state index contributed by atoms with van der Waals surface area (Å²) in [5.74, 6) is 0. The van der Waals surface area contributed by atoms with Crippen molar-refractivity contribution in [2.75, 3.05) is 10.2 Å². The number of hydrogen-bond donors (Lipinski definition) is 1. The van der Waals surface area contributed by atoms with Gasteiger partial charge in [-0.05, 0) is 66.8 Å². The van der Waals surface area contributed by atoms with Crippen LogP contribution in [0.1, 0.15) is 24.8 Å². The van der Waals surface area contributed by atoms with Crippen molar-refractivity contribution in [1.82, 2.24) is 0 Å². The van der Waals surface area contributed by atoms with Crippen LogP contribution in [0.3, 0.4) is 0 Å². The molecule has 32 heavy (non-hydrogen) atoms. The normalized spacial score (nSPS) is 17.6. The SMILES string of the molecule is C=C/C=C\C(=C)N(C1=CCCC=C1)c1ccc(C2=CCC(Nc3ccccc3)C=C2)cc1. The van der Waals surface area contributed by atoms with Crippen LogP contribution in [-0.4, -0.2) is 6.04 Å². The van der Waals surface area contributed by atoms with Crippen molar-refractivity contribution >= 4 is 16.9 Å². The highest BCUT2D eigenvalue weighted by Gasteiger charge is 2.15. The minimum atomic E-state index is 0.320. The van der Waals surface area contributed by atoms with E-state index in [4.69, 9.17) is 0 Å². The van der Waals surface area contributed by atoms with Gasteiger partial charge in [0.25, 0.3) is 0 Å². The number of hydrogen-bond acceptors (Lipinski definition) is 2. The molecule has 1 atom stereocenters. The number of nitrogens with one attached hydrogen (secondary N) is 1. The van der Waals surface area contributed by atoms with E-state index in [0.29, 0.717) is 6.04 Å². The monoisotopic (exact) mass is 418 g/mol. The Hall–Kier alpha value is -3.78. The molecule has 0 aromatic heterocycles. The van der Waals surface area contributed by atoms with Gasteiger partial charge in [0, 0.05) is 28.8 Å². The summed E-state index contributed by atoms with van der Waals surface area (Å²) >= 11 is 0. The van der Waals surface area contributed by atoms with E-state index >= 15 is 0 Å². The highest BCUT2D eigenvalue weighted by Crippen LogP contribution is 2.30. The van der Waals surface area contributed by atoms with Crippen LogP contribution >= 0.6 is 0 Å². The van der Waals surface area contributed by atoms with Crippen LogP contribution in [-0.2, 0) is 0 Å². The second-order valence-corrected chi connectivity index (χ2v) is 7.95. The van der Waals surface area contributed by atoms with Gasteiger partial charge < -0.3 is 10.2 Å². The molecule has 1 N–H and O–H groups in total. The molecule has 2 aromatic rings. The topological polar surface area (TPSA) is 15.3 Å². The molecule has 2 aliphatic rings. The molecule has 0 amide bonds.